The van der Waals surface area contributed by atoms with E-state index in [1.54, 1.807) is 44.7 Å². The first-order chi connectivity index (χ1) is 35.7. The number of hydrogen-bond donors (Lipinski definition) is 5. The summed E-state index contributed by atoms with van der Waals surface area (Å²) >= 11 is 9.70. The predicted molar refractivity (Wildman–Crippen MR) is 288 cm³/mol. The summed E-state index contributed by atoms with van der Waals surface area (Å²) in [5.74, 6) is -0.581. The van der Waals surface area contributed by atoms with Crippen LogP contribution in [-0.2, 0) is 30.5 Å². The zero-order valence-electron chi connectivity index (χ0n) is 43.5. The lowest BCUT2D eigenvalue weighted by atomic mass is 9.80. The topological polar surface area (TPSA) is 225 Å². The summed E-state index contributed by atoms with van der Waals surface area (Å²) in [6.45, 7) is 13.1. The molecule has 4 fully saturated rings. The Labute approximate surface area is 451 Å². The molecule has 1 saturated carbocycles. The number of nitrogens with two attached hydrogens (primary N) is 1. The number of ether oxygens (including phenoxy) is 1. The van der Waals surface area contributed by atoms with Gasteiger partial charge in [-0.3, -0.25) is 24.0 Å². The number of alkyl halides is 1. The second-order valence-corrected chi connectivity index (χ2v) is 24.2. The van der Waals surface area contributed by atoms with Crippen molar-refractivity contribution in [3.8, 4) is 16.2 Å². The number of halogens is 2. The average molecular weight is 1090 g/mol. The fraction of sp³-hybridized carbons (Fsp3) is 0.556. The first-order valence-corrected chi connectivity index (χ1v) is 28.0. The van der Waals surface area contributed by atoms with E-state index in [1.165, 1.54) is 28.0 Å². The van der Waals surface area contributed by atoms with Gasteiger partial charge in [-0.2, -0.15) is 0 Å². The van der Waals surface area contributed by atoms with Gasteiger partial charge in [-0.1, -0.05) is 69.3 Å². The monoisotopic (exact) mass is 1090 g/mol. The van der Waals surface area contributed by atoms with Crippen LogP contribution in [0.2, 0.25) is 5.02 Å². The molecule has 404 valence electrons. The maximum Gasteiger partial charge on any atom is 0.258 e. The summed E-state index contributed by atoms with van der Waals surface area (Å²) in [6.07, 6.45) is 7.16. The number of carbonyl (C=O) groups is 5. The Morgan fingerprint density at radius 1 is 1.03 bits per heavy atom. The summed E-state index contributed by atoms with van der Waals surface area (Å²) in [5.41, 5.74) is 8.05. The number of aliphatic hydroxyl groups is 1. The molecule has 2 aromatic heterocycles. The molecule has 5 heterocycles. The van der Waals surface area contributed by atoms with Crippen molar-refractivity contribution in [2.45, 2.75) is 139 Å². The summed E-state index contributed by atoms with van der Waals surface area (Å²) in [5, 5.41) is 20.3. The first kappa shape index (κ1) is 55.8. The standard InChI is InChI=1S/C54H70ClFN10O7S2/c1-33-47(74-32-61-33)35-11-12-36(27-60-49(70)39-26-37(67)30-66(39)50(71)48(52(2,3)4)63-51(72)54(56)15-16-54)40(25-35)73-23-7-10-45(69)65-19-13-34(14-20-65)24-43(68)62-38-8-6-9-41(46(38)55)75-44-29-58-42(28-59-44)64-21-17-53(5,31-57)18-22-64/h6,8-9,11-12,25,28-29,32,34,37,39,48,67H,7,10,13-24,26-27,30-31,57H2,1-5H3,(H,60,70)(H,62,68)(H,63,72)/t37-,39+,48-/m1/s1. The van der Waals surface area contributed by atoms with Gasteiger partial charge in [0.1, 0.15) is 28.7 Å². The van der Waals surface area contributed by atoms with E-state index in [2.05, 4.69) is 42.7 Å². The smallest absolute Gasteiger partial charge is 0.258 e. The fourth-order valence-electron chi connectivity index (χ4n) is 9.79. The van der Waals surface area contributed by atoms with Crippen molar-refractivity contribution in [2.24, 2.45) is 22.5 Å². The van der Waals surface area contributed by atoms with Crippen molar-refractivity contribution >= 4 is 75.7 Å². The molecule has 4 aliphatic rings. The number of thiazole rings is 1. The third-order valence-electron chi connectivity index (χ3n) is 15.0. The molecule has 75 heavy (non-hydrogen) atoms. The third-order valence-corrected chi connectivity index (χ3v) is 17.4. The van der Waals surface area contributed by atoms with Crippen LogP contribution < -0.4 is 31.3 Å². The number of nitrogens with one attached hydrogen (secondary N) is 3. The summed E-state index contributed by atoms with van der Waals surface area (Å²) in [4.78, 5) is 88.1. The SMILES string of the molecule is Cc1ncsc1-c1ccc(CNC(=O)[C@@H]2C[C@@H](O)CN2C(=O)[C@@H](NC(=O)C2(F)CC2)C(C)(C)C)c(OCCCC(=O)N2CCC(CC(=O)Nc3cccc(Sc4cnc(N5CCC(C)(CN)CC5)cn4)c3Cl)CC2)c1. The van der Waals surface area contributed by atoms with Crippen molar-refractivity contribution in [3.05, 3.63) is 70.6 Å². The summed E-state index contributed by atoms with van der Waals surface area (Å²) in [6, 6.07) is 9.05. The largest absolute Gasteiger partial charge is 0.493 e. The number of anilines is 2. The van der Waals surface area contributed by atoms with Crippen molar-refractivity contribution in [1.29, 1.82) is 0 Å². The second kappa shape index (κ2) is 23.9. The van der Waals surface area contributed by atoms with Crippen LogP contribution in [0.1, 0.15) is 103 Å². The minimum atomic E-state index is -1.99. The number of aryl methyl sites for hydroxylation is 1. The number of hydrogen-bond acceptors (Lipinski definition) is 14. The molecule has 3 aliphatic heterocycles. The third kappa shape index (κ3) is 14.0. The van der Waals surface area contributed by atoms with Crippen LogP contribution in [0.25, 0.3) is 10.4 Å². The van der Waals surface area contributed by atoms with Gasteiger partial charge in [0.15, 0.2) is 5.67 Å². The van der Waals surface area contributed by atoms with Gasteiger partial charge < -0.3 is 46.2 Å². The van der Waals surface area contributed by atoms with Gasteiger partial charge in [0.05, 0.1) is 51.9 Å². The molecule has 5 amide bonds. The molecule has 0 radical (unpaired) electrons. The molecule has 0 unspecified atom stereocenters. The molecule has 0 bridgehead atoms. The highest BCUT2D eigenvalue weighted by atomic mass is 35.5. The Hall–Kier alpha value is -5.41. The Morgan fingerprint density at radius 2 is 1.77 bits per heavy atom. The van der Waals surface area contributed by atoms with Gasteiger partial charge in [-0.15, -0.1) is 11.3 Å². The highest BCUT2D eigenvalue weighted by molar-refractivity contribution is 7.99. The molecular weight excluding hydrogens is 1020 g/mol. The predicted octanol–water partition coefficient (Wildman–Crippen LogP) is 7.32. The number of β-amino-alcohol motifs (C(OH)–C–C–N with tert-alkyl or cyclic N) is 1. The lowest BCUT2D eigenvalue weighted by Crippen LogP contribution is -2.59. The van der Waals surface area contributed by atoms with Crippen LogP contribution in [0.4, 0.5) is 15.9 Å². The zero-order valence-corrected chi connectivity index (χ0v) is 45.9. The molecule has 17 nitrogen and oxygen atoms in total. The Kier molecular flexibility index (Phi) is 17.8. The number of benzene rings is 2. The van der Waals surface area contributed by atoms with Crippen molar-refractivity contribution in [2.75, 3.05) is 56.1 Å². The maximum absolute atomic E-state index is 14.7. The number of carbonyl (C=O) groups excluding carboxylic acids is 5. The van der Waals surface area contributed by atoms with Gasteiger partial charge in [-0.25, -0.2) is 19.3 Å². The Balaban J connectivity index is 0.797. The number of aliphatic hydroxyl groups excluding tert-OH is 1. The van der Waals surface area contributed by atoms with E-state index in [0.717, 1.165) is 52.8 Å². The quantitative estimate of drug-likeness (QED) is 0.0582. The van der Waals surface area contributed by atoms with Gasteiger partial charge in [-0.05, 0) is 98.9 Å². The van der Waals surface area contributed by atoms with Crippen LogP contribution in [0.15, 0.2) is 64.2 Å². The molecule has 3 atom stereocenters. The van der Waals surface area contributed by atoms with E-state index in [0.29, 0.717) is 72.4 Å². The van der Waals surface area contributed by atoms with Crippen molar-refractivity contribution < 1.29 is 38.2 Å². The van der Waals surface area contributed by atoms with Crippen molar-refractivity contribution in [1.82, 2.24) is 35.4 Å². The number of amides is 5. The Morgan fingerprint density at radius 3 is 2.43 bits per heavy atom. The number of likely N-dealkylation sites (tertiary alicyclic amines) is 2. The number of nitrogens with zero attached hydrogens (tertiary/aromatic N) is 6. The van der Waals surface area contributed by atoms with Crippen LogP contribution in [0.3, 0.4) is 0 Å². The average Bonchev–Trinajstić information content (AvgIpc) is 3.80. The van der Waals surface area contributed by atoms with Crippen LogP contribution in [0, 0.1) is 23.7 Å². The van der Waals surface area contributed by atoms with E-state index in [1.807, 2.05) is 42.2 Å². The molecule has 4 aromatic rings. The first-order valence-electron chi connectivity index (χ1n) is 26.0. The van der Waals surface area contributed by atoms with Gasteiger partial charge in [0.2, 0.25) is 23.6 Å². The fourth-order valence-corrected chi connectivity index (χ4v) is 11.7. The maximum atomic E-state index is 14.7. The molecule has 21 heteroatoms. The molecule has 6 N–H and O–H groups in total. The molecule has 2 aromatic carbocycles. The van der Waals surface area contributed by atoms with Gasteiger partial charge in [0, 0.05) is 69.0 Å². The minimum Gasteiger partial charge on any atom is -0.493 e. The molecule has 8 rings (SSSR count). The normalized spacial score (nSPS) is 19.8. The van der Waals surface area contributed by atoms with Crippen LogP contribution in [-0.4, -0.2) is 129 Å². The van der Waals surface area contributed by atoms with E-state index in [4.69, 9.17) is 22.1 Å². The van der Waals surface area contributed by atoms with E-state index >= 15 is 0 Å². The van der Waals surface area contributed by atoms with Crippen LogP contribution in [0.5, 0.6) is 5.75 Å². The molecule has 0 spiro atoms. The summed E-state index contributed by atoms with van der Waals surface area (Å²) in [7, 11) is 0. The number of piperidine rings is 2. The van der Waals surface area contributed by atoms with Gasteiger partial charge in [0.25, 0.3) is 5.91 Å². The number of aromatic nitrogens is 3. The molecule has 1 aliphatic carbocycles. The van der Waals surface area contributed by atoms with E-state index in [-0.39, 0.29) is 68.5 Å². The number of rotatable bonds is 19. The van der Waals surface area contributed by atoms with E-state index in [9.17, 15) is 33.5 Å². The lowest BCUT2D eigenvalue weighted by Gasteiger charge is -2.39. The van der Waals surface area contributed by atoms with Crippen molar-refractivity contribution in [3.63, 3.8) is 0 Å². The minimum absolute atomic E-state index is 0.00284. The van der Waals surface area contributed by atoms with Crippen LogP contribution >= 0.6 is 34.7 Å². The van der Waals surface area contributed by atoms with E-state index < -0.39 is 47.0 Å². The highest BCUT2D eigenvalue weighted by Gasteiger charge is 2.53. The Bertz CT molecular complexity index is 2700. The second-order valence-electron chi connectivity index (χ2n) is 21.9. The summed E-state index contributed by atoms with van der Waals surface area (Å²) < 4.78 is 21.0. The van der Waals surface area contributed by atoms with Gasteiger partial charge >= 0.3 is 0 Å². The highest BCUT2D eigenvalue weighted by Crippen LogP contribution is 2.41. The zero-order chi connectivity index (χ0) is 53.7. The molecular formula is C54H70ClFN10O7S2. The lowest BCUT2D eigenvalue weighted by molar-refractivity contribution is -0.145. The molecule has 3 saturated heterocycles.